The molecule has 0 atom stereocenters. The van der Waals surface area contributed by atoms with Crippen LogP contribution < -0.4 is 14.2 Å². The highest BCUT2D eigenvalue weighted by molar-refractivity contribution is 7.92. The van der Waals surface area contributed by atoms with Gasteiger partial charge in [0.2, 0.25) is 0 Å². The number of carbonyl (C=O) groups excluding carboxylic acids is 1. The average Bonchev–Trinajstić information content (AvgIpc) is 3.36. The summed E-state index contributed by atoms with van der Waals surface area (Å²) in [7, 11) is -4.81. The Morgan fingerprint density at radius 1 is 0.500 bits per heavy atom. The van der Waals surface area contributed by atoms with Gasteiger partial charge in [0, 0.05) is 33.0 Å². The molecule has 12 nitrogen and oxygen atoms in total. The maximum Gasteiger partial charge on any atom is 0.282 e. The number of phenols is 3. The monoisotopic (exact) mass is 942 g/mol. The molecule has 0 amide bonds. The maximum absolute atomic E-state index is 13.2. The Kier molecular flexibility index (Phi) is 13.3. The summed E-state index contributed by atoms with van der Waals surface area (Å²) in [5, 5.41) is 35.9. The fraction of sp³-hybridized carbons (Fsp3) is 0.0370. The smallest absolute Gasteiger partial charge is 0.282 e. The lowest BCUT2D eigenvalue weighted by atomic mass is 9.93. The second-order valence-electron chi connectivity index (χ2n) is 15.2. The summed E-state index contributed by atoms with van der Waals surface area (Å²) >= 11 is 0. The van der Waals surface area contributed by atoms with Crippen molar-refractivity contribution < 1.29 is 46.4 Å². The number of fused-ring (bicyclic) bond motifs is 4. The van der Waals surface area contributed by atoms with Gasteiger partial charge in [0.05, 0.1) is 35.4 Å². The van der Waals surface area contributed by atoms with E-state index in [0.29, 0.717) is 50.3 Å². The molecule has 0 aliphatic heterocycles. The molecule has 9 aromatic carbocycles. The Hall–Kier alpha value is -8.46. The van der Waals surface area contributed by atoms with Gasteiger partial charge in [-0.1, -0.05) is 109 Å². The minimum Gasteiger partial charge on any atom is -0.508 e. The number of ether oxygens (including phenoxy) is 2. The molecule has 0 fully saturated rings. The number of phenolic OH excluding ortho intramolecular Hbond substituents is 3. The highest BCUT2D eigenvalue weighted by Crippen LogP contribution is 2.46. The van der Waals surface area contributed by atoms with Gasteiger partial charge in [-0.2, -0.15) is 12.8 Å². The third-order valence-corrected chi connectivity index (χ3v) is 13.7. The van der Waals surface area contributed by atoms with Crippen molar-refractivity contribution in [3.05, 3.63) is 205 Å². The van der Waals surface area contributed by atoms with Crippen LogP contribution in [-0.2, 0) is 20.0 Å². The van der Waals surface area contributed by atoms with E-state index in [1.807, 2.05) is 54.6 Å². The summed E-state index contributed by atoms with van der Waals surface area (Å²) in [6.45, 7) is 0. The minimum atomic E-state index is -3.94. The number of hydrogen-bond acceptors (Lipinski definition) is 10. The van der Waals surface area contributed by atoms with Crippen LogP contribution in [0.2, 0.25) is 0 Å². The molecule has 68 heavy (non-hydrogen) atoms. The first kappa shape index (κ1) is 46.1. The molecule has 9 aromatic rings. The van der Waals surface area contributed by atoms with E-state index in [1.165, 1.54) is 50.6 Å². The number of allylic oxidation sites excluding steroid dienone is 2. The summed E-state index contributed by atoms with van der Waals surface area (Å²) in [6, 6.07) is 51.5. The number of nitrogens with one attached hydrogen (secondary N) is 1. The number of carbonyl (C=O) groups is 1. The van der Waals surface area contributed by atoms with E-state index in [1.54, 1.807) is 103 Å². The Morgan fingerprint density at radius 3 is 1.71 bits per heavy atom. The van der Waals surface area contributed by atoms with Gasteiger partial charge in [0.1, 0.15) is 28.7 Å². The molecule has 14 heteroatoms. The second-order valence-corrected chi connectivity index (χ2v) is 18.5. The highest BCUT2D eigenvalue weighted by atomic mass is 32.2. The van der Waals surface area contributed by atoms with Crippen LogP contribution in [0.1, 0.15) is 15.9 Å². The van der Waals surface area contributed by atoms with E-state index in [2.05, 4.69) is 9.12 Å². The fourth-order valence-electron chi connectivity index (χ4n) is 7.58. The van der Waals surface area contributed by atoms with Crippen LogP contribution in [0.25, 0.3) is 43.4 Å². The van der Waals surface area contributed by atoms with Gasteiger partial charge < -0.3 is 24.8 Å². The largest absolute Gasteiger partial charge is 0.508 e. The van der Waals surface area contributed by atoms with Gasteiger partial charge in [-0.05, 0) is 106 Å². The number of methoxy groups -OCH3 is 2. The molecule has 0 saturated heterocycles. The van der Waals surface area contributed by atoms with Gasteiger partial charge >= 0.3 is 0 Å². The van der Waals surface area contributed by atoms with Crippen LogP contribution in [0.5, 0.6) is 28.7 Å². The van der Waals surface area contributed by atoms with Crippen LogP contribution in [0, 0.1) is 0 Å². The lowest BCUT2D eigenvalue weighted by Crippen LogP contribution is -2.14. The van der Waals surface area contributed by atoms with Gasteiger partial charge in [-0.15, -0.1) is 0 Å². The van der Waals surface area contributed by atoms with E-state index in [-0.39, 0.29) is 38.5 Å². The molecular formula is C54H42N2O10S2. The van der Waals surface area contributed by atoms with Crippen LogP contribution >= 0.6 is 0 Å². The van der Waals surface area contributed by atoms with Crippen molar-refractivity contribution in [2.45, 2.75) is 9.79 Å². The first-order chi connectivity index (χ1) is 32.8. The first-order valence-electron chi connectivity index (χ1n) is 20.9. The molecule has 0 bridgehead atoms. The van der Waals surface area contributed by atoms with Crippen molar-refractivity contribution in [3.8, 4) is 39.9 Å². The summed E-state index contributed by atoms with van der Waals surface area (Å²) in [5.41, 5.74) is 2.23. The summed E-state index contributed by atoms with van der Waals surface area (Å²) in [5.74, 6) is 1.20. The van der Waals surface area contributed by atoms with Crippen molar-refractivity contribution >= 4 is 69.5 Å². The van der Waals surface area contributed by atoms with E-state index < -0.39 is 20.0 Å². The average molecular weight is 943 g/mol. The Balaban J connectivity index is 0.000000157. The van der Waals surface area contributed by atoms with Crippen LogP contribution in [0.3, 0.4) is 0 Å². The van der Waals surface area contributed by atoms with Crippen LogP contribution in [0.15, 0.2) is 208 Å². The summed E-state index contributed by atoms with van der Waals surface area (Å²) in [4.78, 5) is 12.0. The number of ketones is 1. The standard InChI is InChI=1S/C27H21NO5S.C17H13NO4S.C10H8O/c1-33-18-11-13-19(14-12-18)34(31,32)28-24-16-23(27(30)22-9-5-4-8-21(22)24)26-20-7-3-2-6-17(20)10-15-25(26)29;1-22-12-6-8-13(9-7-12)23(20,21)18-16-10-11-17(19)15-5-3-2-4-14(15)16;11-10-6-5-8-3-1-2-4-9(8)7-10/h2-16,28-30H,1H3;2-11H,1H3;1-7,11H. The predicted molar refractivity (Wildman–Crippen MR) is 266 cm³/mol. The molecule has 10 rings (SSSR count). The molecule has 4 N–H and O–H groups in total. The number of benzene rings is 9. The molecule has 0 unspecified atom stereocenters. The lowest BCUT2D eigenvalue weighted by Gasteiger charge is -2.17. The van der Waals surface area contributed by atoms with E-state index in [0.717, 1.165) is 21.5 Å². The molecule has 0 heterocycles. The quantitative estimate of drug-likeness (QED) is 0.107. The van der Waals surface area contributed by atoms with Crippen molar-refractivity contribution in [2.24, 2.45) is 4.40 Å². The highest BCUT2D eigenvalue weighted by Gasteiger charge is 2.23. The Morgan fingerprint density at radius 2 is 1.04 bits per heavy atom. The molecule has 0 spiro atoms. The minimum absolute atomic E-state index is 0.0201. The zero-order chi connectivity index (χ0) is 48.0. The Bertz CT molecular complexity index is 3650. The van der Waals surface area contributed by atoms with Gasteiger partial charge in [-0.3, -0.25) is 9.52 Å². The molecular weight excluding hydrogens is 901 g/mol. The van der Waals surface area contributed by atoms with Crippen molar-refractivity contribution in [2.75, 3.05) is 18.9 Å². The maximum atomic E-state index is 13.2. The zero-order valence-corrected chi connectivity index (χ0v) is 38.1. The number of rotatable bonds is 8. The predicted octanol–water partition coefficient (Wildman–Crippen LogP) is 11.1. The van der Waals surface area contributed by atoms with Crippen LogP contribution in [-0.4, -0.2) is 57.9 Å². The molecule has 1 aliphatic rings. The molecule has 0 saturated carbocycles. The SMILES string of the molecule is COc1ccc(S(=O)(=O)N=C2C=CC(=O)c3ccccc32)cc1.COc1ccc(S(=O)(=O)Nc2cc(-c3c(O)ccc4ccccc34)c(O)c3ccccc23)cc1.Oc1ccc2ccccc2c1. The third kappa shape index (κ3) is 9.87. The zero-order valence-electron chi connectivity index (χ0n) is 36.4. The number of nitrogens with zero attached hydrogens (tertiary/aromatic N) is 1. The molecule has 1 aliphatic carbocycles. The third-order valence-electron chi connectivity index (χ3n) is 11.0. The molecule has 0 aromatic heterocycles. The molecule has 340 valence electrons. The second kappa shape index (κ2) is 19.6. The lowest BCUT2D eigenvalue weighted by molar-refractivity contribution is 0.104. The van der Waals surface area contributed by atoms with Crippen molar-refractivity contribution in [3.63, 3.8) is 0 Å². The number of hydrogen-bond donors (Lipinski definition) is 4. The van der Waals surface area contributed by atoms with Crippen molar-refractivity contribution in [1.29, 1.82) is 0 Å². The van der Waals surface area contributed by atoms with Crippen molar-refractivity contribution in [1.82, 2.24) is 0 Å². The van der Waals surface area contributed by atoms with Crippen LogP contribution in [0.4, 0.5) is 5.69 Å². The van der Waals surface area contributed by atoms with Gasteiger partial charge in [-0.25, -0.2) is 8.42 Å². The summed E-state index contributed by atoms with van der Waals surface area (Å²) < 4.78 is 67.9. The van der Waals surface area contributed by atoms with E-state index in [4.69, 9.17) is 14.6 Å². The number of anilines is 1. The van der Waals surface area contributed by atoms with E-state index >= 15 is 0 Å². The Labute approximate surface area is 392 Å². The topological polar surface area (TPSA) is 189 Å². The fourth-order valence-corrected chi connectivity index (χ4v) is 9.65. The first-order valence-corrected chi connectivity index (χ1v) is 23.8. The number of sulfonamides is 2. The van der Waals surface area contributed by atoms with Gasteiger partial charge in [0.25, 0.3) is 20.0 Å². The van der Waals surface area contributed by atoms with Gasteiger partial charge in [0.15, 0.2) is 5.78 Å². The van der Waals surface area contributed by atoms with E-state index in [9.17, 15) is 31.8 Å². The normalized spacial score (nSPS) is 12.7. The summed E-state index contributed by atoms with van der Waals surface area (Å²) in [6.07, 6.45) is 2.75. The number of aromatic hydroxyl groups is 3. The molecule has 0 radical (unpaired) electrons.